The van der Waals surface area contributed by atoms with Crippen molar-refractivity contribution in [3.63, 3.8) is 0 Å². The number of nitrogens with two attached hydrogens (primary N) is 1. The number of ether oxygens (including phenoxy) is 1. The molecule has 1 fully saturated rings. The summed E-state index contributed by atoms with van der Waals surface area (Å²) in [5.74, 6) is 0.635. The Bertz CT molecular complexity index is 281. The van der Waals surface area contributed by atoms with Gasteiger partial charge in [-0.25, -0.2) is 4.79 Å². The summed E-state index contributed by atoms with van der Waals surface area (Å²) >= 11 is 0. The lowest BCUT2D eigenvalue weighted by Gasteiger charge is -2.37. The highest BCUT2D eigenvalue weighted by atomic mass is 16.6. The van der Waals surface area contributed by atoms with E-state index in [0.29, 0.717) is 5.92 Å². The highest BCUT2D eigenvalue weighted by Crippen LogP contribution is 2.18. The average molecular weight is 271 g/mol. The van der Waals surface area contributed by atoms with Crippen LogP contribution >= 0.6 is 0 Å². The molecule has 0 spiro atoms. The number of piperidine rings is 1. The van der Waals surface area contributed by atoms with Gasteiger partial charge in [-0.05, 0) is 52.5 Å². The molecule has 112 valence electrons. The van der Waals surface area contributed by atoms with E-state index in [2.05, 4.69) is 17.1 Å². The Kier molecular flexibility index (Phi) is 6.07. The van der Waals surface area contributed by atoms with Crippen LogP contribution in [-0.4, -0.2) is 42.4 Å². The maximum absolute atomic E-state index is 11.8. The van der Waals surface area contributed by atoms with Crippen molar-refractivity contribution in [2.24, 2.45) is 11.7 Å². The molecule has 3 N–H and O–H groups in total. The molecule has 0 aliphatic carbocycles. The molecule has 1 aliphatic heterocycles. The number of nitrogens with one attached hydrogen (secondary N) is 1. The van der Waals surface area contributed by atoms with E-state index >= 15 is 0 Å². The maximum Gasteiger partial charge on any atom is 0.408 e. The lowest BCUT2D eigenvalue weighted by atomic mass is 9.96. The van der Waals surface area contributed by atoms with Gasteiger partial charge in [-0.3, -0.25) is 4.90 Å². The largest absolute Gasteiger partial charge is 0.444 e. The number of amides is 1. The molecule has 0 bridgehead atoms. The summed E-state index contributed by atoms with van der Waals surface area (Å²) in [7, 11) is 0. The fourth-order valence-electron chi connectivity index (χ4n) is 2.40. The number of rotatable bonds is 4. The summed E-state index contributed by atoms with van der Waals surface area (Å²) in [6, 6.07) is 0. The van der Waals surface area contributed by atoms with Crippen molar-refractivity contribution in [3.05, 3.63) is 0 Å². The second-order valence-corrected chi connectivity index (χ2v) is 6.29. The number of carbonyl (C=O) groups excluding carboxylic acids is 1. The molecule has 0 aromatic rings. The van der Waals surface area contributed by atoms with E-state index in [1.54, 1.807) is 0 Å². The summed E-state index contributed by atoms with van der Waals surface area (Å²) in [6.45, 7) is 10.5. The van der Waals surface area contributed by atoms with Crippen LogP contribution in [0.1, 0.15) is 47.0 Å². The predicted octanol–water partition coefficient (Wildman–Crippen LogP) is 1.92. The zero-order chi connectivity index (χ0) is 14.5. The summed E-state index contributed by atoms with van der Waals surface area (Å²) in [6.07, 6.45) is 2.84. The molecule has 1 amide bonds. The average Bonchev–Trinajstić information content (AvgIpc) is 2.34. The van der Waals surface area contributed by atoms with Crippen LogP contribution in [0.3, 0.4) is 0 Å². The lowest BCUT2D eigenvalue weighted by molar-refractivity contribution is 0.0369. The first-order valence-corrected chi connectivity index (χ1v) is 7.29. The van der Waals surface area contributed by atoms with Crippen molar-refractivity contribution in [1.82, 2.24) is 10.2 Å². The first-order chi connectivity index (χ1) is 8.85. The van der Waals surface area contributed by atoms with Gasteiger partial charge in [0.25, 0.3) is 0 Å². The van der Waals surface area contributed by atoms with Gasteiger partial charge in [-0.1, -0.05) is 6.92 Å². The van der Waals surface area contributed by atoms with E-state index in [4.69, 9.17) is 10.5 Å². The number of nitrogens with zero attached hydrogens (tertiary/aromatic N) is 1. The predicted molar refractivity (Wildman–Crippen MR) is 76.8 cm³/mol. The monoisotopic (exact) mass is 271 g/mol. The molecule has 0 radical (unpaired) electrons. The fourth-order valence-corrected chi connectivity index (χ4v) is 2.40. The molecule has 1 atom stereocenters. The van der Waals surface area contributed by atoms with Crippen molar-refractivity contribution in [2.75, 3.05) is 19.6 Å². The standard InChI is InChI=1S/C14H29N3O2/c1-5-12(16-13(18)19-14(2,3)4)17-8-6-11(10-15)7-9-17/h11-12H,5-10,15H2,1-4H3,(H,16,18). The second kappa shape index (κ2) is 7.10. The molecule has 5 heteroatoms. The fraction of sp³-hybridized carbons (Fsp3) is 0.929. The summed E-state index contributed by atoms with van der Waals surface area (Å²) in [5.41, 5.74) is 5.25. The van der Waals surface area contributed by atoms with Crippen LogP contribution in [0.5, 0.6) is 0 Å². The number of hydrogen-bond acceptors (Lipinski definition) is 4. The van der Waals surface area contributed by atoms with Crippen LogP contribution in [0.4, 0.5) is 4.79 Å². The van der Waals surface area contributed by atoms with Crippen molar-refractivity contribution in [1.29, 1.82) is 0 Å². The first kappa shape index (κ1) is 16.2. The van der Waals surface area contributed by atoms with Gasteiger partial charge >= 0.3 is 6.09 Å². The van der Waals surface area contributed by atoms with Gasteiger partial charge in [-0.2, -0.15) is 0 Å². The third kappa shape index (κ3) is 5.78. The zero-order valence-corrected chi connectivity index (χ0v) is 12.7. The highest BCUT2D eigenvalue weighted by Gasteiger charge is 2.26. The normalized spacial score (nSPS) is 20.1. The van der Waals surface area contributed by atoms with Crippen LogP contribution in [0.15, 0.2) is 0 Å². The van der Waals surface area contributed by atoms with E-state index in [0.717, 1.165) is 38.9 Å². The van der Waals surface area contributed by atoms with Crippen LogP contribution < -0.4 is 11.1 Å². The number of hydrogen-bond donors (Lipinski definition) is 2. The smallest absolute Gasteiger partial charge is 0.408 e. The Balaban J connectivity index is 2.43. The Morgan fingerprint density at radius 3 is 2.42 bits per heavy atom. The molecule has 1 saturated heterocycles. The Morgan fingerprint density at radius 2 is 2.00 bits per heavy atom. The van der Waals surface area contributed by atoms with Gasteiger partial charge in [0, 0.05) is 13.1 Å². The van der Waals surface area contributed by atoms with E-state index in [1.807, 2.05) is 20.8 Å². The van der Waals surface area contributed by atoms with Crippen LogP contribution in [-0.2, 0) is 4.74 Å². The van der Waals surface area contributed by atoms with Gasteiger partial charge in [0.2, 0.25) is 0 Å². The second-order valence-electron chi connectivity index (χ2n) is 6.29. The van der Waals surface area contributed by atoms with Gasteiger partial charge in [0.1, 0.15) is 5.60 Å². The minimum absolute atomic E-state index is 0.0635. The summed E-state index contributed by atoms with van der Waals surface area (Å²) in [4.78, 5) is 14.1. The molecule has 19 heavy (non-hydrogen) atoms. The van der Waals surface area contributed by atoms with Gasteiger partial charge in [0.15, 0.2) is 0 Å². The van der Waals surface area contributed by atoms with Crippen molar-refractivity contribution in [2.45, 2.75) is 58.7 Å². The van der Waals surface area contributed by atoms with E-state index in [1.165, 1.54) is 0 Å². The molecule has 0 aromatic heterocycles. The first-order valence-electron chi connectivity index (χ1n) is 7.29. The molecule has 0 aromatic carbocycles. The third-order valence-corrected chi connectivity index (χ3v) is 3.49. The SMILES string of the molecule is CCC(NC(=O)OC(C)(C)C)N1CCC(CN)CC1. The Labute approximate surface area is 116 Å². The minimum Gasteiger partial charge on any atom is -0.444 e. The number of carbonyl (C=O) groups is 1. The topological polar surface area (TPSA) is 67.6 Å². The van der Waals surface area contributed by atoms with E-state index < -0.39 is 5.60 Å². The summed E-state index contributed by atoms with van der Waals surface area (Å²) < 4.78 is 5.31. The van der Waals surface area contributed by atoms with Gasteiger partial charge in [-0.15, -0.1) is 0 Å². The van der Waals surface area contributed by atoms with Gasteiger partial charge in [0.05, 0.1) is 6.17 Å². The molecule has 0 saturated carbocycles. The van der Waals surface area contributed by atoms with Crippen molar-refractivity contribution < 1.29 is 9.53 Å². The molecule has 5 nitrogen and oxygen atoms in total. The Morgan fingerprint density at radius 1 is 1.42 bits per heavy atom. The van der Waals surface area contributed by atoms with Crippen LogP contribution in [0.25, 0.3) is 0 Å². The quantitative estimate of drug-likeness (QED) is 0.819. The highest BCUT2D eigenvalue weighted by molar-refractivity contribution is 5.68. The molecular formula is C14H29N3O2. The third-order valence-electron chi connectivity index (χ3n) is 3.49. The van der Waals surface area contributed by atoms with Crippen LogP contribution in [0, 0.1) is 5.92 Å². The minimum atomic E-state index is -0.449. The summed E-state index contributed by atoms with van der Waals surface area (Å²) in [5, 5.41) is 2.96. The molecular weight excluding hydrogens is 242 g/mol. The lowest BCUT2D eigenvalue weighted by Crippen LogP contribution is -2.52. The maximum atomic E-state index is 11.8. The number of alkyl carbamates (subject to hydrolysis) is 1. The number of likely N-dealkylation sites (tertiary alicyclic amines) is 1. The molecule has 1 unspecified atom stereocenters. The van der Waals surface area contributed by atoms with Crippen LogP contribution in [0.2, 0.25) is 0 Å². The van der Waals surface area contributed by atoms with Crippen molar-refractivity contribution >= 4 is 6.09 Å². The molecule has 1 aliphatic rings. The van der Waals surface area contributed by atoms with Crippen molar-refractivity contribution in [3.8, 4) is 0 Å². The van der Waals surface area contributed by atoms with E-state index in [-0.39, 0.29) is 12.3 Å². The van der Waals surface area contributed by atoms with Gasteiger partial charge < -0.3 is 15.8 Å². The van der Waals surface area contributed by atoms with E-state index in [9.17, 15) is 4.79 Å². The molecule has 1 heterocycles. The Hall–Kier alpha value is -0.810. The molecule has 1 rings (SSSR count). The zero-order valence-electron chi connectivity index (χ0n) is 12.7.